The number of hydrogen-bond donors (Lipinski definition) is 2. The Hall–Kier alpha value is -1.49. The topological polar surface area (TPSA) is 52.8 Å². The van der Waals surface area contributed by atoms with Crippen LogP contribution in [0.15, 0.2) is 21.5 Å². The van der Waals surface area contributed by atoms with Gasteiger partial charge in [-0.3, -0.25) is 9.89 Å². The van der Waals surface area contributed by atoms with Crippen LogP contribution in [0.4, 0.5) is 0 Å². The van der Waals surface area contributed by atoms with Crippen LogP contribution >= 0.6 is 0 Å². The maximum atomic E-state index is 5.90. The summed E-state index contributed by atoms with van der Waals surface area (Å²) in [6.07, 6.45) is 3.62. The Balaban J connectivity index is 2.10. The van der Waals surface area contributed by atoms with Crippen LogP contribution in [0.5, 0.6) is 0 Å². The van der Waals surface area contributed by atoms with E-state index in [9.17, 15) is 0 Å². The van der Waals surface area contributed by atoms with Gasteiger partial charge in [-0.15, -0.1) is 0 Å². The summed E-state index contributed by atoms with van der Waals surface area (Å²) in [6.45, 7) is 12.3. The third-order valence-electron chi connectivity index (χ3n) is 4.43. The van der Waals surface area contributed by atoms with E-state index >= 15 is 0 Å². The number of nitrogens with zero attached hydrogens (tertiary/aromatic N) is 2. The lowest BCUT2D eigenvalue weighted by Gasteiger charge is -2.25. The van der Waals surface area contributed by atoms with Gasteiger partial charge in [0.25, 0.3) is 0 Å². The first kappa shape index (κ1) is 17.9. The number of rotatable bonds is 7. The number of aliphatic imine (C=N–C) groups is 1. The number of nitrogens with one attached hydrogen (secondary N) is 2. The Morgan fingerprint density at radius 1 is 1.30 bits per heavy atom. The molecule has 1 aromatic heterocycles. The Kier molecular flexibility index (Phi) is 6.96. The van der Waals surface area contributed by atoms with Crippen LogP contribution in [0.1, 0.15) is 57.6 Å². The van der Waals surface area contributed by atoms with Crippen molar-refractivity contribution in [3.8, 4) is 0 Å². The van der Waals surface area contributed by atoms with Crippen molar-refractivity contribution in [3.63, 3.8) is 0 Å². The second-order valence-corrected chi connectivity index (χ2v) is 6.38. The van der Waals surface area contributed by atoms with Crippen molar-refractivity contribution in [1.29, 1.82) is 0 Å². The van der Waals surface area contributed by atoms with Crippen molar-refractivity contribution in [1.82, 2.24) is 15.5 Å². The third-order valence-corrected chi connectivity index (χ3v) is 4.43. The second-order valence-electron chi connectivity index (χ2n) is 6.38. The Bertz CT molecular complexity index is 491. The molecule has 2 rings (SSSR count). The quantitative estimate of drug-likeness (QED) is 0.599. The maximum absolute atomic E-state index is 5.90. The van der Waals surface area contributed by atoms with Crippen LogP contribution in [0, 0.1) is 6.92 Å². The summed E-state index contributed by atoms with van der Waals surface area (Å²) in [4.78, 5) is 7.32. The lowest BCUT2D eigenvalue weighted by atomic mass is 10.2. The normalized spacial score (nSPS) is 18.9. The number of furan rings is 1. The summed E-state index contributed by atoms with van der Waals surface area (Å²) in [6, 6.07) is 4.80. The van der Waals surface area contributed by atoms with E-state index in [0.29, 0.717) is 6.04 Å². The molecule has 130 valence electrons. The third kappa shape index (κ3) is 5.27. The van der Waals surface area contributed by atoms with E-state index in [2.05, 4.69) is 42.4 Å². The molecule has 2 heterocycles. The summed E-state index contributed by atoms with van der Waals surface area (Å²) in [7, 11) is 0. The zero-order valence-electron chi connectivity index (χ0n) is 15.1. The molecule has 1 saturated heterocycles. The number of likely N-dealkylation sites (tertiary alicyclic amines) is 1. The van der Waals surface area contributed by atoms with Crippen molar-refractivity contribution in [3.05, 3.63) is 23.7 Å². The van der Waals surface area contributed by atoms with E-state index in [-0.39, 0.29) is 6.04 Å². The minimum atomic E-state index is 0.235. The molecule has 2 N–H and O–H groups in total. The lowest BCUT2D eigenvalue weighted by molar-refractivity contribution is 0.219. The molecule has 2 unspecified atom stereocenters. The monoisotopic (exact) mass is 320 g/mol. The maximum Gasteiger partial charge on any atom is 0.191 e. The summed E-state index contributed by atoms with van der Waals surface area (Å²) in [5.74, 6) is 2.90. The molecular weight excluding hydrogens is 288 g/mol. The van der Waals surface area contributed by atoms with Gasteiger partial charge in [-0.2, -0.15) is 0 Å². The van der Waals surface area contributed by atoms with Crippen molar-refractivity contribution >= 4 is 5.96 Å². The molecule has 1 aliphatic rings. The Morgan fingerprint density at radius 3 is 2.61 bits per heavy atom. The molecule has 0 bridgehead atoms. The first-order valence-electron chi connectivity index (χ1n) is 8.99. The van der Waals surface area contributed by atoms with Gasteiger partial charge in [0.15, 0.2) is 5.96 Å². The molecule has 0 aliphatic carbocycles. The Morgan fingerprint density at radius 2 is 2.04 bits per heavy atom. The van der Waals surface area contributed by atoms with E-state index in [4.69, 9.17) is 9.41 Å². The smallest absolute Gasteiger partial charge is 0.191 e. The van der Waals surface area contributed by atoms with Gasteiger partial charge in [0.1, 0.15) is 11.5 Å². The van der Waals surface area contributed by atoms with Crippen LogP contribution in [0.3, 0.4) is 0 Å². The zero-order valence-corrected chi connectivity index (χ0v) is 15.1. The van der Waals surface area contributed by atoms with Crippen molar-refractivity contribution in [2.45, 2.75) is 59.0 Å². The zero-order chi connectivity index (χ0) is 16.7. The molecule has 0 spiro atoms. The van der Waals surface area contributed by atoms with E-state index < -0.39 is 0 Å². The van der Waals surface area contributed by atoms with Gasteiger partial charge in [0.2, 0.25) is 0 Å². The van der Waals surface area contributed by atoms with Gasteiger partial charge in [-0.1, -0.05) is 6.92 Å². The number of hydrogen-bond acceptors (Lipinski definition) is 3. The molecule has 5 nitrogen and oxygen atoms in total. The first-order valence-corrected chi connectivity index (χ1v) is 8.99. The molecule has 23 heavy (non-hydrogen) atoms. The SMILES string of the molecule is CCNC(=NCC(c1ccc(C)o1)N1CCCC1)NC(C)CC. The van der Waals surface area contributed by atoms with E-state index in [1.165, 1.54) is 12.8 Å². The van der Waals surface area contributed by atoms with Gasteiger partial charge >= 0.3 is 0 Å². The van der Waals surface area contributed by atoms with Gasteiger partial charge in [0.05, 0.1) is 12.6 Å². The first-order chi connectivity index (χ1) is 11.1. The number of aryl methyl sites for hydroxylation is 1. The predicted molar refractivity (Wildman–Crippen MR) is 95.9 cm³/mol. The lowest BCUT2D eigenvalue weighted by Crippen LogP contribution is -2.42. The molecule has 0 saturated carbocycles. The molecule has 5 heteroatoms. The van der Waals surface area contributed by atoms with Crippen LogP contribution in [0.25, 0.3) is 0 Å². The van der Waals surface area contributed by atoms with Crippen molar-refractivity contribution in [2.24, 2.45) is 4.99 Å². The van der Waals surface area contributed by atoms with Crippen LogP contribution in [0.2, 0.25) is 0 Å². The molecule has 2 atom stereocenters. The fourth-order valence-electron chi connectivity index (χ4n) is 2.90. The highest BCUT2D eigenvalue weighted by Crippen LogP contribution is 2.26. The molecule has 0 aromatic carbocycles. The molecule has 0 amide bonds. The molecule has 1 fully saturated rings. The second kappa shape index (κ2) is 8.96. The summed E-state index contributed by atoms with van der Waals surface area (Å²) in [5.41, 5.74) is 0. The van der Waals surface area contributed by atoms with Crippen molar-refractivity contribution < 1.29 is 4.42 Å². The van der Waals surface area contributed by atoms with Crippen molar-refractivity contribution in [2.75, 3.05) is 26.2 Å². The Labute approximate surface area is 140 Å². The summed E-state index contributed by atoms with van der Waals surface area (Å²) >= 11 is 0. The highest BCUT2D eigenvalue weighted by atomic mass is 16.3. The van der Waals surface area contributed by atoms with Gasteiger partial charge < -0.3 is 15.1 Å². The highest BCUT2D eigenvalue weighted by Gasteiger charge is 2.25. The van der Waals surface area contributed by atoms with E-state index in [0.717, 1.165) is 50.1 Å². The van der Waals surface area contributed by atoms with Gasteiger partial charge in [-0.25, -0.2) is 0 Å². The average molecular weight is 320 g/mol. The molecular formula is C18H32N4O. The molecule has 1 aromatic rings. The summed E-state index contributed by atoms with van der Waals surface area (Å²) in [5, 5.41) is 6.80. The van der Waals surface area contributed by atoms with E-state index in [1.807, 2.05) is 13.0 Å². The molecule has 0 radical (unpaired) electrons. The van der Waals surface area contributed by atoms with Gasteiger partial charge in [0, 0.05) is 12.6 Å². The fourth-order valence-corrected chi connectivity index (χ4v) is 2.90. The van der Waals surface area contributed by atoms with Crippen LogP contribution < -0.4 is 10.6 Å². The fraction of sp³-hybridized carbons (Fsp3) is 0.722. The van der Waals surface area contributed by atoms with Gasteiger partial charge in [-0.05, 0) is 65.3 Å². The van der Waals surface area contributed by atoms with E-state index in [1.54, 1.807) is 0 Å². The largest absolute Gasteiger partial charge is 0.465 e. The highest BCUT2D eigenvalue weighted by molar-refractivity contribution is 5.80. The standard InChI is InChI=1S/C18H32N4O/c1-5-14(3)21-18(19-6-2)20-13-16(22-11-7-8-12-22)17-10-9-15(4)23-17/h9-10,14,16H,5-8,11-13H2,1-4H3,(H2,19,20,21). The number of guanidine groups is 1. The predicted octanol–water partition coefficient (Wildman–Crippen LogP) is 3.08. The van der Waals surface area contributed by atoms with Crippen LogP contribution in [-0.2, 0) is 0 Å². The van der Waals surface area contributed by atoms with Crippen LogP contribution in [-0.4, -0.2) is 43.1 Å². The average Bonchev–Trinajstić information content (AvgIpc) is 3.20. The molecule has 1 aliphatic heterocycles. The minimum absolute atomic E-state index is 0.235. The minimum Gasteiger partial charge on any atom is -0.465 e. The summed E-state index contributed by atoms with van der Waals surface area (Å²) < 4.78 is 5.90.